The molecule has 0 bridgehead atoms. The number of nitrogens with two attached hydrogens (primary N) is 1. The van der Waals surface area contributed by atoms with Gasteiger partial charge < -0.3 is 10.6 Å². The molecule has 0 aromatic rings. The fraction of sp³-hybridized carbons (Fsp3) is 1.00. The van der Waals surface area contributed by atoms with Gasteiger partial charge in [0.1, 0.15) is 0 Å². The van der Waals surface area contributed by atoms with Crippen LogP contribution in [-0.2, 0) is 0 Å². The second-order valence-corrected chi connectivity index (χ2v) is 3.89. The van der Waals surface area contributed by atoms with E-state index >= 15 is 0 Å². The van der Waals surface area contributed by atoms with Crippen molar-refractivity contribution in [1.29, 1.82) is 0 Å². The molecule has 1 aliphatic heterocycles. The second-order valence-electron chi connectivity index (χ2n) is 3.89. The van der Waals surface area contributed by atoms with E-state index in [1.54, 1.807) is 0 Å². The molecule has 1 aliphatic rings. The summed E-state index contributed by atoms with van der Waals surface area (Å²) in [5, 5.41) is 0. The van der Waals surface area contributed by atoms with Crippen LogP contribution >= 0.6 is 0 Å². The molecule has 12 heavy (non-hydrogen) atoms. The van der Waals surface area contributed by atoms with Crippen LogP contribution in [0.15, 0.2) is 0 Å². The summed E-state index contributed by atoms with van der Waals surface area (Å²) in [6.45, 7) is 6.98. The number of nitrogens with zero attached hydrogens (tertiary/aromatic N) is 1. The third kappa shape index (κ3) is 3.11. The molecule has 0 aliphatic carbocycles. The Morgan fingerprint density at radius 1 is 1.50 bits per heavy atom. The standard InChI is InChI=1S/C10H22N2/c1-2-4-10-5-8-12(9-10)7-3-6-11/h10H,2-9,11H2,1H3. The predicted molar refractivity (Wildman–Crippen MR) is 53.1 cm³/mol. The van der Waals surface area contributed by atoms with E-state index in [-0.39, 0.29) is 0 Å². The molecule has 0 aromatic heterocycles. The van der Waals surface area contributed by atoms with Crippen molar-refractivity contribution in [2.45, 2.75) is 32.6 Å². The maximum absolute atomic E-state index is 5.47. The molecule has 1 unspecified atom stereocenters. The molecule has 1 saturated heterocycles. The van der Waals surface area contributed by atoms with E-state index in [0.717, 1.165) is 12.5 Å². The molecular weight excluding hydrogens is 148 g/mol. The fourth-order valence-corrected chi connectivity index (χ4v) is 2.07. The first-order valence-corrected chi connectivity index (χ1v) is 5.29. The van der Waals surface area contributed by atoms with Gasteiger partial charge in [0, 0.05) is 6.54 Å². The molecule has 0 aromatic carbocycles. The van der Waals surface area contributed by atoms with Crippen molar-refractivity contribution < 1.29 is 0 Å². The van der Waals surface area contributed by atoms with Gasteiger partial charge in [0.15, 0.2) is 0 Å². The van der Waals surface area contributed by atoms with Crippen LogP contribution in [0.2, 0.25) is 0 Å². The van der Waals surface area contributed by atoms with E-state index in [2.05, 4.69) is 11.8 Å². The largest absolute Gasteiger partial charge is 0.330 e. The Morgan fingerprint density at radius 2 is 2.33 bits per heavy atom. The molecule has 2 heteroatoms. The van der Waals surface area contributed by atoms with E-state index < -0.39 is 0 Å². The zero-order chi connectivity index (χ0) is 8.81. The molecule has 1 rings (SSSR count). The molecule has 1 atom stereocenters. The van der Waals surface area contributed by atoms with Crippen LogP contribution in [0.3, 0.4) is 0 Å². The van der Waals surface area contributed by atoms with E-state index in [1.807, 2.05) is 0 Å². The van der Waals surface area contributed by atoms with E-state index in [4.69, 9.17) is 5.73 Å². The van der Waals surface area contributed by atoms with Gasteiger partial charge in [-0.25, -0.2) is 0 Å². The average molecular weight is 170 g/mol. The highest BCUT2D eigenvalue weighted by Gasteiger charge is 2.20. The van der Waals surface area contributed by atoms with Crippen molar-refractivity contribution >= 4 is 0 Å². The third-order valence-corrected chi connectivity index (χ3v) is 2.75. The molecule has 2 nitrogen and oxygen atoms in total. The highest BCUT2D eigenvalue weighted by Crippen LogP contribution is 2.20. The summed E-state index contributed by atoms with van der Waals surface area (Å²) < 4.78 is 0. The normalized spacial score (nSPS) is 25.0. The van der Waals surface area contributed by atoms with Gasteiger partial charge in [-0.15, -0.1) is 0 Å². The minimum Gasteiger partial charge on any atom is -0.330 e. The second kappa shape index (κ2) is 5.55. The van der Waals surface area contributed by atoms with Crippen LogP contribution in [0.4, 0.5) is 0 Å². The summed E-state index contributed by atoms with van der Waals surface area (Å²) in [6.07, 6.45) is 5.34. The Morgan fingerprint density at radius 3 is 3.00 bits per heavy atom. The zero-order valence-electron chi connectivity index (χ0n) is 8.26. The first-order valence-electron chi connectivity index (χ1n) is 5.29. The van der Waals surface area contributed by atoms with Gasteiger partial charge in [-0.3, -0.25) is 0 Å². The lowest BCUT2D eigenvalue weighted by Gasteiger charge is -2.14. The number of hydrogen-bond acceptors (Lipinski definition) is 2. The van der Waals surface area contributed by atoms with Gasteiger partial charge in [-0.05, 0) is 44.8 Å². The first-order chi connectivity index (χ1) is 5.86. The Labute approximate surface area is 76.1 Å². The van der Waals surface area contributed by atoms with Crippen LogP contribution in [0, 0.1) is 5.92 Å². The topological polar surface area (TPSA) is 29.3 Å². The molecule has 0 amide bonds. The third-order valence-electron chi connectivity index (χ3n) is 2.75. The van der Waals surface area contributed by atoms with Crippen molar-refractivity contribution in [2.75, 3.05) is 26.2 Å². The molecule has 0 saturated carbocycles. The molecule has 0 spiro atoms. The van der Waals surface area contributed by atoms with E-state index in [9.17, 15) is 0 Å². The summed E-state index contributed by atoms with van der Waals surface area (Å²) >= 11 is 0. The first kappa shape index (κ1) is 10.0. The van der Waals surface area contributed by atoms with Gasteiger partial charge in [0.05, 0.1) is 0 Å². The van der Waals surface area contributed by atoms with E-state index in [0.29, 0.717) is 0 Å². The highest BCUT2D eigenvalue weighted by molar-refractivity contribution is 4.74. The van der Waals surface area contributed by atoms with Crippen LogP contribution < -0.4 is 5.73 Å². The molecule has 72 valence electrons. The molecule has 1 fully saturated rings. The Bertz CT molecular complexity index is 114. The smallest absolute Gasteiger partial charge is 0.00101 e. The van der Waals surface area contributed by atoms with Crippen LogP contribution in [-0.4, -0.2) is 31.1 Å². The van der Waals surface area contributed by atoms with Gasteiger partial charge in [-0.2, -0.15) is 0 Å². The molecular formula is C10H22N2. The summed E-state index contributed by atoms with van der Waals surface area (Å²) in [6, 6.07) is 0. The van der Waals surface area contributed by atoms with Gasteiger partial charge in [-0.1, -0.05) is 13.3 Å². The van der Waals surface area contributed by atoms with Crippen molar-refractivity contribution in [3.8, 4) is 0 Å². The van der Waals surface area contributed by atoms with E-state index in [1.165, 1.54) is 45.3 Å². The zero-order valence-corrected chi connectivity index (χ0v) is 8.26. The van der Waals surface area contributed by atoms with Gasteiger partial charge in [0.2, 0.25) is 0 Å². The molecule has 2 N–H and O–H groups in total. The van der Waals surface area contributed by atoms with Crippen LogP contribution in [0.5, 0.6) is 0 Å². The van der Waals surface area contributed by atoms with Crippen molar-refractivity contribution in [2.24, 2.45) is 11.7 Å². The fourth-order valence-electron chi connectivity index (χ4n) is 2.07. The Hall–Kier alpha value is -0.0800. The quantitative estimate of drug-likeness (QED) is 0.677. The molecule has 1 heterocycles. The Balaban J connectivity index is 2.08. The monoisotopic (exact) mass is 170 g/mol. The van der Waals surface area contributed by atoms with Gasteiger partial charge in [0.25, 0.3) is 0 Å². The van der Waals surface area contributed by atoms with Crippen LogP contribution in [0.25, 0.3) is 0 Å². The maximum atomic E-state index is 5.47. The van der Waals surface area contributed by atoms with Crippen LogP contribution in [0.1, 0.15) is 32.6 Å². The molecule has 0 radical (unpaired) electrons. The van der Waals surface area contributed by atoms with Crippen molar-refractivity contribution in [3.05, 3.63) is 0 Å². The summed E-state index contributed by atoms with van der Waals surface area (Å²) in [7, 11) is 0. The average Bonchev–Trinajstić information content (AvgIpc) is 2.50. The SMILES string of the molecule is CCCC1CCN(CCCN)C1. The van der Waals surface area contributed by atoms with Crippen molar-refractivity contribution in [1.82, 2.24) is 4.90 Å². The summed E-state index contributed by atoms with van der Waals surface area (Å²) in [5.74, 6) is 0.979. The minimum absolute atomic E-state index is 0.842. The minimum atomic E-state index is 0.842. The summed E-state index contributed by atoms with van der Waals surface area (Å²) in [5.41, 5.74) is 5.47. The van der Waals surface area contributed by atoms with Gasteiger partial charge >= 0.3 is 0 Å². The van der Waals surface area contributed by atoms with Crippen molar-refractivity contribution in [3.63, 3.8) is 0 Å². The lowest BCUT2D eigenvalue weighted by molar-refractivity contribution is 0.318. The number of rotatable bonds is 5. The summed E-state index contributed by atoms with van der Waals surface area (Å²) in [4.78, 5) is 2.56. The lowest BCUT2D eigenvalue weighted by atomic mass is 10.0. The number of likely N-dealkylation sites (tertiary alicyclic amines) is 1. The maximum Gasteiger partial charge on any atom is 0.00101 e. The number of hydrogen-bond donors (Lipinski definition) is 1. The predicted octanol–water partition coefficient (Wildman–Crippen LogP) is 1.46. The lowest BCUT2D eigenvalue weighted by Crippen LogP contribution is -2.23. The Kier molecular flexibility index (Phi) is 4.62. The highest BCUT2D eigenvalue weighted by atomic mass is 15.1.